The third-order valence-electron chi connectivity index (χ3n) is 4.84. The van der Waals surface area contributed by atoms with Gasteiger partial charge in [-0.2, -0.15) is 13.2 Å². The van der Waals surface area contributed by atoms with E-state index in [1.807, 2.05) is 30.3 Å². The largest absolute Gasteiger partial charge is 0.441 e. The highest BCUT2D eigenvalue weighted by Gasteiger charge is 2.49. The van der Waals surface area contributed by atoms with Crippen molar-refractivity contribution in [2.45, 2.75) is 38.1 Å². The standard InChI is InChI=1S/C22H20F3NO3/c1-21(2)18(14-15-8-4-3-5-9-15)26(20(28)29-21)19(27)13-12-16-10-6-7-11-17(16)22(23,24)25/h3-13,18H,14H2,1-2H3/b13-12+/t18-/m1/s1. The van der Waals surface area contributed by atoms with Crippen molar-refractivity contribution in [3.63, 3.8) is 0 Å². The third kappa shape index (κ3) is 4.50. The summed E-state index contributed by atoms with van der Waals surface area (Å²) in [7, 11) is 0. The van der Waals surface area contributed by atoms with Crippen LogP contribution in [0.15, 0.2) is 60.7 Å². The van der Waals surface area contributed by atoms with Gasteiger partial charge in [0, 0.05) is 6.08 Å². The van der Waals surface area contributed by atoms with E-state index in [9.17, 15) is 22.8 Å². The maximum absolute atomic E-state index is 13.1. The average molecular weight is 403 g/mol. The lowest BCUT2D eigenvalue weighted by Gasteiger charge is -2.27. The molecule has 1 aliphatic rings. The highest BCUT2D eigenvalue weighted by Crippen LogP contribution is 2.34. The van der Waals surface area contributed by atoms with Crippen LogP contribution in [0.1, 0.15) is 30.5 Å². The van der Waals surface area contributed by atoms with E-state index in [4.69, 9.17) is 4.74 Å². The van der Waals surface area contributed by atoms with Crippen LogP contribution in [0.25, 0.3) is 6.08 Å². The van der Waals surface area contributed by atoms with Crippen molar-refractivity contribution in [2.24, 2.45) is 0 Å². The highest BCUT2D eigenvalue weighted by atomic mass is 19.4. The molecule has 3 rings (SSSR count). The van der Waals surface area contributed by atoms with Crippen molar-refractivity contribution in [1.82, 2.24) is 4.90 Å². The summed E-state index contributed by atoms with van der Waals surface area (Å²) < 4.78 is 44.8. The number of ether oxygens (including phenoxy) is 1. The molecule has 2 aromatic carbocycles. The minimum atomic E-state index is -4.55. The Morgan fingerprint density at radius 2 is 1.72 bits per heavy atom. The summed E-state index contributed by atoms with van der Waals surface area (Å²) in [6, 6.07) is 13.6. The second kappa shape index (κ2) is 7.73. The molecule has 0 radical (unpaired) electrons. The Hall–Kier alpha value is -3.09. The van der Waals surface area contributed by atoms with Gasteiger partial charge in [-0.05, 0) is 43.5 Å². The number of hydrogen-bond acceptors (Lipinski definition) is 3. The first-order valence-electron chi connectivity index (χ1n) is 9.04. The lowest BCUT2D eigenvalue weighted by atomic mass is 9.92. The van der Waals surface area contributed by atoms with Gasteiger partial charge in [0.05, 0.1) is 11.6 Å². The zero-order chi connectivity index (χ0) is 21.2. The molecule has 0 N–H and O–H groups in total. The molecule has 2 amide bonds. The van der Waals surface area contributed by atoms with E-state index in [-0.39, 0.29) is 5.56 Å². The molecule has 0 unspecified atom stereocenters. The minimum Gasteiger partial charge on any atom is -0.441 e. The zero-order valence-electron chi connectivity index (χ0n) is 15.9. The van der Waals surface area contributed by atoms with E-state index >= 15 is 0 Å². The van der Waals surface area contributed by atoms with Gasteiger partial charge < -0.3 is 4.74 Å². The van der Waals surface area contributed by atoms with Gasteiger partial charge >= 0.3 is 12.3 Å². The molecular weight excluding hydrogens is 383 g/mol. The van der Waals surface area contributed by atoms with E-state index in [1.165, 1.54) is 18.2 Å². The Kier molecular flexibility index (Phi) is 5.50. The smallest absolute Gasteiger partial charge is 0.417 e. The van der Waals surface area contributed by atoms with Crippen LogP contribution >= 0.6 is 0 Å². The SMILES string of the molecule is CC1(C)OC(=O)N(C(=O)/C=C/c2ccccc2C(F)(F)F)[C@@H]1Cc1ccccc1. The van der Waals surface area contributed by atoms with Crippen LogP contribution in [0.4, 0.5) is 18.0 Å². The zero-order valence-corrected chi connectivity index (χ0v) is 15.9. The molecule has 1 atom stereocenters. The molecule has 1 heterocycles. The van der Waals surface area contributed by atoms with Gasteiger partial charge in [-0.25, -0.2) is 9.69 Å². The summed E-state index contributed by atoms with van der Waals surface area (Å²) in [6.45, 7) is 3.41. The number of amides is 2. The predicted octanol–water partition coefficient (Wildman–Crippen LogP) is 5.09. The molecular formula is C22H20F3NO3. The van der Waals surface area contributed by atoms with Crippen molar-refractivity contribution >= 4 is 18.1 Å². The Morgan fingerprint density at radius 3 is 2.38 bits per heavy atom. The lowest BCUT2D eigenvalue weighted by Crippen LogP contribution is -2.45. The first-order valence-corrected chi connectivity index (χ1v) is 9.04. The number of nitrogens with zero attached hydrogens (tertiary/aromatic N) is 1. The van der Waals surface area contributed by atoms with E-state index in [0.717, 1.165) is 28.7 Å². The van der Waals surface area contributed by atoms with Crippen LogP contribution in [-0.4, -0.2) is 28.5 Å². The third-order valence-corrected chi connectivity index (χ3v) is 4.84. The topological polar surface area (TPSA) is 46.6 Å². The Bertz CT molecular complexity index is 936. The quantitative estimate of drug-likeness (QED) is 0.669. The molecule has 1 saturated heterocycles. The van der Waals surface area contributed by atoms with Crippen LogP contribution in [0.3, 0.4) is 0 Å². The van der Waals surface area contributed by atoms with E-state index < -0.39 is 35.4 Å². The summed E-state index contributed by atoms with van der Waals surface area (Å²) in [5.41, 5.74) is -1.03. The Morgan fingerprint density at radius 1 is 1.10 bits per heavy atom. The van der Waals surface area contributed by atoms with Gasteiger partial charge in [-0.1, -0.05) is 48.5 Å². The van der Waals surface area contributed by atoms with Crippen molar-refractivity contribution in [1.29, 1.82) is 0 Å². The van der Waals surface area contributed by atoms with Gasteiger partial charge in [-0.15, -0.1) is 0 Å². The molecule has 2 aromatic rings. The predicted molar refractivity (Wildman–Crippen MR) is 102 cm³/mol. The number of rotatable bonds is 4. The Labute approximate surface area is 166 Å². The molecule has 0 saturated carbocycles. The van der Waals surface area contributed by atoms with E-state index in [0.29, 0.717) is 6.42 Å². The summed E-state index contributed by atoms with van der Waals surface area (Å²) in [6.07, 6.45) is -2.93. The maximum Gasteiger partial charge on any atom is 0.417 e. The maximum atomic E-state index is 13.1. The number of benzene rings is 2. The summed E-state index contributed by atoms with van der Waals surface area (Å²) in [4.78, 5) is 26.0. The molecule has 152 valence electrons. The summed E-state index contributed by atoms with van der Waals surface area (Å²) in [5, 5.41) is 0. The first kappa shape index (κ1) is 20.6. The summed E-state index contributed by atoms with van der Waals surface area (Å²) in [5.74, 6) is -0.724. The van der Waals surface area contributed by atoms with Crippen molar-refractivity contribution in [3.05, 3.63) is 77.4 Å². The summed E-state index contributed by atoms with van der Waals surface area (Å²) >= 11 is 0. The average Bonchev–Trinajstić information content (AvgIpc) is 2.88. The molecule has 0 aliphatic carbocycles. The first-order chi connectivity index (χ1) is 13.6. The molecule has 0 aromatic heterocycles. The monoisotopic (exact) mass is 403 g/mol. The van der Waals surface area contributed by atoms with Gasteiger partial charge in [0.15, 0.2) is 0 Å². The van der Waals surface area contributed by atoms with Crippen LogP contribution in [0.5, 0.6) is 0 Å². The number of hydrogen-bond donors (Lipinski definition) is 0. The van der Waals surface area contributed by atoms with Crippen LogP contribution in [0.2, 0.25) is 0 Å². The molecule has 0 spiro atoms. The second-order valence-corrected chi connectivity index (χ2v) is 7.30. The van der Waals surface area contributed by atoms with Crippen molar-refractivity contribution in [2.75, 3.05) is 0 Å². The van der Waals surface area contributed by atoms with Crippen LogP contribution in [-0.2, 0) is 22.1 Å². The number of carbonyl (C=O) groups is 2. The minimum absolute atomic E-state index is 0.153. The van der Waals surface area contributed by atoms with Crippen molar-refractivity contribution < 1.29 is 27.5 Å². The second-order valence-electron chi connectivity index (χ2n) is 7.30. The highest BCUT2D eigenvalue weighted by molar-refractivity contribution is 6.02. The normalized spacial score (nSPS) is 18.9. The fraction of sp³-hybridized carbons (Fsp3) is 0.273. The number of alkyl halides is 3. The fourth-order valence-electron chi connectivity index (χ4n) is 3.34. The Balaban J connectivity index is 1.87. The molecule has 7 heteroatoms. The van der Waals surface area contributed by atoms with E-state index in [1.54, 1.807) is 13.8 Å². The van der Waals surface area contributed by atoms with Crippen molar-refractivity contribution in [3.8, 4) is 0 Å². The number of cyclic esters (lactones) is 1. The number of carbonyl (C=O) groups excluding carboxylic acids is 2. The lowest BCUT2D eigenvalue weighted by molar-refractivity contribution is -0.137. The molecule has 1 aliphatic heterocycles. The van der Waals surface area contributed by atoms with Gasteiger partial charge in [0.2, 0.25) is 0 Å². The van der Waals surface area contributed by atoms with Gasteiger partial charge in [0.1, 0.15) is 5.60 Å². The van der Waals surface area contributed by atoms with Gasteiger partial charge in [0.25, 0.3) is 5.91 Å². The number of halogens is 3. The molecule has 1 fully saturated rings. The van der Waals surface area contributed by atoms with Gasteiger partial charge in [-0.3, -0.25) is 4.79 Å². The molecule has 29 heavy (non-hydrogen) atoms. The van der Waals surface area contributed by atoms with E-state index in [2.05, 4.69) is 0 Å². The molecule has 0 bridgehead atoms. The molecule has 4 nitrogen and oxygen atoms in total. The number of imide groups is 1. The van der Waals surface area contributed by atoms with Crippen LogP contribution in [0, 0.1) is 0 Å². The fourth-order valence-corrected chi connectivity index (χ4v) is 3.34. The van der Waals surface area contributed by atoms with Crippen LogP contribution < -0.4 is 0 Å².